The Morgan fingerprint density at radius 3 is 3.00 bits per heavy atom. The van der Waals surface area contributed by atoms with Gasteiger partial charge in [-0.25, -0.2) is 4.79 Å². The van der Waals surface area contributed by atoms with Gasteiger partial charge in [-0.1, -0.05) is 18.2 Å². The van der Waals surface area contributed by atoms with Crippen LogP contribution in [-0.4, -0.2) is 42.6 Å². The summed E-state index contributed by atoms with van der Waals surface area (Å²) in [6.07, 6.45) is 1.23. The van der Waals surface area contributed by atoms with Gasteiger partial charge in [-0.2, -0.15) is 11.8 Å². The number of nitrogens with zero attached hydrogens (tertiary/aromatic N) is 1. The minimum atomic E-state index is -0.241. The molecule has 1 fully saturated rings. The van der Waals surface area contributed by atoms with Crippen molar-refractivity contribution in [2.45, 2.75) is 13.0 Å². The van der Waals surface area contributed by atoms with Crippen LogP contribution in [0.5, 0.6) is 0 Å². The summed E-state index contributed by atoms with van der Waals surface area (Å²) in [6, 6.07) is 7.72. The van der Waals surface area contributed by atoms with Crippen molar-refractivity contribution in [3.8, 4) is 0 Å². The van der Waals surface area contributed by atoms with E-state index in [9.17, 15) is 4.79 Å². The molecular formula is C14H19NO2S. The van der Waals surface area contributed by atoms with Gasteiger partial charge in [-0.05, 0) is 30.3 Å². The van der Waals surface area contributed by atoms with Crippen molar-refractivity contribution in [1.29, 1.82) is 0 Å². The van der Waals surface area contributed by atoms with E-state index in [4.69, 9.17) is 4.74 Å². The molecule has 98 valence electrons. The Kier molecular flexibility index (Phi) is 5.08. The highest BCUT2D eigenvalue weighted by Gasteiger charge is 2.15. The Morgan fingerprint density at radius 1 is 1.33 bits per heavy atom. The van der Waals surface area contributed by atoms with E-state index in [-0.39, 0.29) is 5.97 Å². The molecule has 1 heterocycles. The van der Waals surface area contributed by atoms with Crippen LogP contribution in [0, 0.1) is 0 Å². The van der Waals surface area contributed by atoms with Gasteiger partial charge < -0.3 is 4.74 Å². The summed E-state index contributed by atoms with van der Waals surface area (Å²) in [5.41, 5.74) is 1.76. The van der Waals surface area contributed by atoms with Crippen LogP contribution in [0.15, 0.2) is 24.3 Å². The Bertz CT molecular complexity index is 401. The molecule has 0 amide bonds. The van der Waals surface area contributed by atoms with E-state index in [1.54, 1.807) is 0 Å². The van der Waals surface area contributed by atoms with Gasteiger partial charge in [-0.3, -0.25) is 4.90 Å². The molecule has 0 bridgehead atoms. The topological polar surface area (TPSA) is 29.5 Å². The van der Waals surface area contributed by atoms with Gasteiger partial charge in [0, 0.05) is 18.8 Å². The molecule has 18 heavy (non-hydrogen) atoms. The third kappa shape index (κ3) is 3.50. The minimum Gasteiger partial charge on any atom is -0.465 e. The molecule has 0 radical (unpaired) electrons. The second kappa shape index (κ2) is 6.81. The average Bonchev–Trinajstić information content (AvgIpc) is 2.67. The number of rotatable bonds is 3. The maximum absolute atomic E-state index is 11.7. The average molecular weight is 265 g/mol. The first-order valence-electron chi connectivity index (χ1n) is 6.27. The smallest absolute Gasteiger partial charge is 0.338 e. The molecule has 0 spiro atoms. The highest BCUT2D eigenvalue weighted by Crippen LogP contribution is 2.16. The normalized spacial score (nSPS) is 17.2. The lowest BCUT2D eigenvalue weighted by Crippen LogP contribution is -2.26. The molecule has 1 aliphatic heterocycles. The monoisotopic (exact) mass is 265 g/mol. The number of esters is 1. The molecule has 0 N–H and O–H groups in total. The van der Waals surface area contributed by atoms with E-state index in [0.717, 1.165) is 25.2 Å². The maximum Gasteiger partial charge on any atom is 0.338 e. The van der Waals surface area contributed by atoms with Gasteiger partial charge in [-0.15, -0.1) is 0 Å². The molecule has 1 aromatic rings. The van der Waals surface area contributed by atoms with Gasteiger partial charge in [0.1, 0.15) is 0 Å². The zero-order chi connectivity index (χ0) is 12.8. The van der Waals surface area contributed by atoms with E-state index in [1.807, 2.05) is 36.0 Å². The van der Waals surface area contributed by atoms with Crippen molar-refractivity contribution in [3.05, 3.63) is 35.4 Å². The molecule has 0 aliphatic carbocycles. The molecule has 3 nitrogen and oxygen atoms in total. The predicted molar refractivity (Wildman–Crippen MR) is 75.0 cm³/mol. The summed E-state index contributed by atoms with van der Waals surface area (Å²) in [6.45, 7) is 3.05. The Hall–Kier alpha value is -1.00. The molecule has 0 aromatic heterocycles. The van der Waals surface area contributed by atoms with Crippen LogP contribution in [0.25, 0.3) is 0 Å². The molecule has 0 atom stereocenters. The van der Waals surface area contributed by atoms with E-state index < -0.39 is 0 Å². The fourth-order valence-electron chi connectivity index (χ4n) is 2.16. The van der Waals surface area contributed by atoms with E-state index in [1.165, 1.54) is 25.0 Å². The number of thioether (sulfide) groups is 1. The summed E-state index contributed by atoms with van der Waals surface area (Å²) in [5.74, 6) is 2.19. The molecular weight excluding hydrogens is 246 g/mol. The Labute approximate surface area is 113 Å². The highest BCUT2D eigenvalue weighted by atomic mass is 32.2. The van der Waals surface area contributed by atoms with Crippen LogP contribution >= 0.6 is 11.8 Å². The largest absolute Gasteiger partial charge is 0.465 e. The molecule has 0 unspecified atom stereocenters. The number of hydrogen-bond acceptors (Lipinski definition) is 4. The molecule has 1 aromatic carbocycles. The summed E-state index contributed by atoms with van der Waals surface area (Å²) in [7, 11) is 1.43. The van der Waals surface area contributed by atoms with Crippen molar-refractivity contribution in [2.24, 2.45) is 0 Å². The zero-order valence-corrected chi connectivity index (χ0v) is 11.5. The second-order valence-corrected chi connectivity index (χ2v) is 5.62. The standard InChI is InChI=1S/C14H19NO2S/c1-17-14(16)13-6-3-2-5-12(13)11-15-7-4-9-18-10-8-15/h2-3,5-6H,4,7-11H2,1H3. The van der Waals surface area contributed by atoms with Crippen LogP contribution in [-0.2, 0) is 11.3 Å². The van der Waals surface area contributed by atoms with Crippen molar-refractivity contribution in [3.63, 3.8) is 0 Å². The van der Waals surface area contributed by atoms with Gasteiger partial charge in [0.2, 0.25) is 0 Å². The van der Waals surface area contributed by atoms with Crippen molar-refractivity contribution in [2.75, 3.05) is 31.7 Å². The highest BCUT2D eigenvalue weighted by molar-refractivity contribution is 7.99. The van der Waals surface area contributed by atoms with E-state index in [0.29, 0.717) is 5.56 Å². The lowest BCUT2D eigenvalue weighted by atomic mass is 10.1. The number of methoxy groups -OCH3 is 1. The number of carbonyl (C=O) groups is 1. The Balaban J connectivity index is 2.10. The van der Waals surface area contributed by atoms with Crippen LogP contribution in [0.2, 0.25) is 0 Å². The first kappa shape index (κ1) is 13.4. The van der Waals surface area contributed by atoms with Crippen molar-refractivity contribution >= 4 is 17.7 Å². The third-order valence-corrected chi connectivity index (χ3v) is 4.18. The van der Waals surface area contributed by atoms with Gasteiger partial charge in [0.15, 0.2) is 0 Å². The summed E-state index contributed by atoms with van der Waals surface area (Å²) in [5, 5.41) is 0. The first-order chi connectivity index (χ1) is 8.81. The number of carbonyl (C=O) groups excluding carboxylic acids is 1. The molecule has 0 saturated carbocycles. The van der Waals surface area contributed by atoms with Crippen molar-refractivity contribution < 1.29 is 9.53 Å². The summed E-state index contributed by atoms with van der Waals surface area (Å²) >= 11 is 2.01. The zero-order valence-electron chi connectivity index (χ0n) is 10.7. The van der Waals surface area contributed by atoms with Crippen LogP contribution in [0.1, 0.15) is 22.3 Å². The fourth-order valence-corrected chi connectivity index (χ4v) is 3.09. The third-order valence-electron chi connectivity index (χ3n) is 3.13. The quantitative estimate of drug-likeness (QED) is 0.785. The summed E-state index contributed by atoms with van der Waals surface area (Å²) in [4.78, 5) is 14.1. The van der Waals surface area contributed by atoms with Crippen LogP contribution in [0.3, 0.4) is 0 Å². The number of hydrogen-bond donors (Lipinski definition) is 0. The second-order valence-electron chi connectivity index (χ2n) is 4.39. The molecule has 1 saturated heterocycles. The van der Waals surface area contributed by atoms with Crippen LogP contribution < -0.4 is 0 Å². The lowest BCUT2D eigenvalue weighted by Gasteiger charge is -2.20. The Morgan fingerprint density at radius 2 is 2.17 bits per heavy atom. The molecule has 2 rings (SSSR count). The lowest BCUT2D eigenvalue weighted by molar-refractivity contribution is 0.0598. The van der Waals surface area contributed by atoms with Crippen molar-refractivity contribution in [1.82, 2.24) is 4.90 Å². The number of benzene rings is 1. The first-order valence-corrected chi connectivity index (χ1v) is 7.43. The van der Waals surface area contributed by atoms with E-state index >= 15 is 0 Å². The fraction of sp³-hybridized carbons (Fsp3) is 0.500. The van der Waals surface area contributed by atoms with E-state index in [2.05, 4.69) is 4.90 Å². The van der Waals surface area contributed by atoms with Crippen LogP contribution in [0.4, 0.5) is 0 Å². The predicted octanol–water partition coefficient (Wildman–Crippen LogP) is 2.41. The number of ether oxygens (including phenoxy) is 1. The molecule has 4 heteroatoms. The van der Waals surface area contributed by atoms with Gasteiger partial charge in [0.25, 0.3) is 0 Å². The summed E-state index contributed by atoms with van der Waals surface area (Å²) < 4.78 is 4.83. The minimum absolute atomic E-state index is 0.241. The maximum atomic E-state index is 11.7. The molecule has 1 aliphatic rings. The SMILES string of the molecule is COC(=O)c1ccccc1CN1CCCSCC1. The van der Waals surface area contributed by atoms with Gasteiger partial charge in [0.05, 0.1) is 12.7 Å². The van der Waals surface area contributed by atoms with Gasteiger partial charge >= 0.3 is 5.97 Å².